The summed E-state index contributed by atoms with van der Waals surface area (Å²) in [6.07, 6.45) is 7.38. The first-order valence-electron chi connectivity index (χ1n) is 6.37. The molecule has 1 N–H and O–H groups in total. The molecule has 0 bridgehead atoms. The minimum atomic E-state index is -3.70. The minimum Gasteiger partial charge on any atom is -0.463 e. The highest BCUT2D eigenvalue weighted by atomic mass is 32.2. The molecule has 114 valence electrons. The van der Waals surface area contributed by atoms with Gasteiger partial charge in [0, 0.05) is 25.6 Å². The second-order valence-electron chi connectivity index (χ2n) is 4.53. The Kier molecular flexibility index (Phi) is 3.73. The van der Waals surface area contributed by atoms with E-state index in [2.05, 4.69) is 19.7 Å². The topological polar surface area (TPSA) is 103 Å². The molecule has 0 fully saturated rings. The molecule has 0 amide bonds. The molecule has 0 aliphatic rings. The van der Waals surface area contributed by atoms with Crippen LogP contribution in [-0.4, -0.2) is 27.9 Å². The Balaban J connectivity index is 1.83. The van der Waals surface area contributed by atoms with E-state index < -0.39 is 10.0 Å². The molecule has 0 aromatic carbocycles. The molecule has 0 atom stereocenters. The number of furan rings is 1. The number of hydrogen-bond acceptors (Lipinski definition) is 6. The van der Waals surface area contributed by atoms with Crippen LogP contribution in [0.15, 0.2) is 52.8 Å². The summed E-state index contributed by atoms with van der Waals surface area (Å²) in [5.74, 6) is 0.528. The Morgan fingerprint density at radius 1 is 1.27 bits per heavy atom. The minimum absolute atomic E-state index is 0.0111. The summed E-state index contributed by atoms with van der Waals surface area (Å²) in [5.41, 5.74) is 0.966. The van der Waals surface area contributed by atoms with E-state index in [4.69, 9.17) is 4.42 Å². The second-order valence-corrected chi connectivity index (χ2v) is 6.24. The fraction of sp³-hybridized carbons (Fsp3) is 0.154. The molecule has 3 rings (SSSR count). The maximum Gasteiger partial charge on any atom is 0.259 e. The number of rotatable bonds is 5. The van der Waals surface area contributed by atoms with Crippen molar-refractivity contribution in [1.29, 1.82) is 0 Å². The average molecular weight is 319 g/mol. The van der Waals surface area contributed by atoms with Crippen LogP contribution in [0.3, 0.4) is 0 Å². The molecular formula is C13H13N5O3S. The normalized spacial score (nSPS) is 11.7. The van der Waals surface area contributed by atoms with Gasteiger partial charge in [0.2, 0.25) is 0 Å². The Morgan fingerprint density at radius 3 is 2.77 bits per heavy atom. The Morgan fingerprint density at radius 2 is 2.09 bits per heavy atom. The third-order valence-corrected chi connectivity index (χ3v) is 4.20. The number of nitrogens with one attached hydrogen (secondary N) is 1. The molecule has 3 aromatic rings. The number of aryl methyl sites for hydroxylation is 1. The van der Waals surface area contributed by atoms with Crippen molar-refractivity contribution in [2.45, 2.75) is 11.6 Å². The monoisotopic (exact) mass is 319 g/mol. The van der Waals surface area contributed by atoms with Crippen LogP contribution >= 0.6 is 0 Å². The molecule has 3 heterocycles. The maximum atomic E-state index is 12.2. The summed E-state index contributed by atoms with van der Waals surface area (Å²) in [5, 5.41) is -0.0431. The SMILES string of the molecule is Cn1cnc(S(=O)(=O)NCc2nccnc2-c2ccco2)c1. The van der Waals surface area contributed by atoms with Gasteiger partial charge in [-0.15, -0.1) is 0 Å². The van der Waals surface area contributed by atoms with Gasteiger partial charge in [-0.2, -0.15) is 0 Å². The van der Waals surface area contributed by atoms with Gasteiger partial charge in [0.1, 0.15) is 5.69 Å². The average Bonchev–Trinajstić information content (AvgIpc) is 3.17. The molecule has 0 spiro atoms. The molecule has 3 aromatic heterocycles. The summed E-state index contributed by atoms with van der Waals surface area (Å²) in [7, 11) is -2.01. The van der Waals surface area contributed by atoms with Crippen LogP contribution in [0.25, 0.3) is 11.5 Å². The molecule has 0 saturated heterocycles. The number of imidazole rings is 1. The van der Waals surface area contributed by atoms with E-state index in [0.717, 1.165) is 0 Å². The van der Waals surface area contributed by atoms with Crippen LogP contribution in [0.5, 0.6) is 0 Å². The van der Waals surface area contributed by atoms with Crippen LogP contribution in [-0.2, 0) is 23.6 Å². The van der Waals surface area contributed by atoms with Gasteiger partial charge in [0.15, 0.2) is 10.8 Å². The molecular weight excluding hydrogens is 306 g/mol. The zero-order valence-electron chi connectivity index (χ0n) is 11.7. The van der Waals surface area contributed by atoms with E-state index in [0.29, 0.717) is 17.1 Å². The highest BCUT2D eigenvalue weighted by molar-refractivity contribution is 7.89. The van der Waals surface area contributed by atoms with Crippen LogP contribution in [0.2, 0.25) is 0 Å². The van der Waals surface area contributed by atoms with Gasteiger partial charge in [-0.25, -0.2) is 23.1 Å². The Bertz CT molecular complexity index is 871. The Hall–Kier alpha value is -2.52. The van der Waals surface area contributed by atoms with Crippen molar-refractivity contribution < 1.29 is 12.8 Å². The summed E-state index contributed by atoms with van der Waals surface area (Å²) in [4.78, 5) is 12.2. The molecule has 0 radical (unpaired) electrons. The number of nitrogens with zero attached hydrogens (tertiary/aromatic N) is 4. The van der Waals surface area contributed by atoms with Crippen LogP contribution in [0.1, 0.15) is 5.69 Å². The zero-order valence-corrected chi connectivity index (χ0v) is 12.5. The van der Waals surface area contributed by atoms with Crippen molar-refractivity contribution >= 4 is 10.0 Å². The molecule has 9 heteroatoms. The first kappa shape index (κ1) is 14.4. The van der Waals surface area contributed by atoms with Crippen molar-refractivity contribution in [3.8, 4) is 11.5 Å². The standard InChI is InChI=1S/C13H13N5O3S/c1-18-8-12(16-9-18)22(19,20)17-7-10-13(15-5-4-14-10)11-3-2-6-21-11/h2-6,8-9,17H,7H2,1H3. The molecule has 22 heavy (non-hydrogen) atoms. The fourth-order valence-corrected chi connectivity index (χ4v) is 2.85. The van der Waals surface area contributed by atoms with Gasteiger partial charge in [-0.1, -0.05) is 0 Å². The van der Waals surface area contributed by atoms with Gasteiger partial charge in [0.05, 0.1) is 24.8 Å². The molecule has 8 nitrogen and oxygen atoms in total. The van der Waals surface area contributed by atoms with Gasteiger partial charge in [-0.3, -0.25) is 4.98 Å². The van der Waals surface area contributed by atoms with Crippen molar-refractivity contribution in [3.05, 3.63) is 49.0 Å². The smallest absolute Gasteiger partial charge is 0.259 e. The van der Waals surface area contributed by atoms with Crippen molar-refractivity contribution in [3.63, 3.8) is 0 Å². The lowest BCUT2D eigenvalue weighted by Crippen LogP contribution is -2.24. The number of sulfonamides is 1. The van der Waals surface area contributed by atoms with E-state index in [9.17, 15) is 8.42 Å². The van der Waals surface area contributed by atoms with Crippen LogP contribution in [0, 0.1) is 0 Å². The quantitative estimate of drug-likeness (QED) is 0.751. The van der Waals surface area contributed by atoms with E-state index in [1.807, 2.05) is 0 Å². The van der Waals surface area contributed by atoms with Gasteiger partial charge >= 0.3 is 0 Å². The highest BCUT2D eigenvalue weighted by Gasteiger charge is 2.18. The fourth-order valence-electron chi connectivity index (χ4n) is 1.88. The summed E-state index contributed by atoms with van der Waals surface area (Å²) in [6, 6.07) is 3.46. The van der Waals surface area contributed by atoms with Crippen LogP contribution < -0.4 is 4.72 Å². The second kappa shape index (κ2) is 5.70. The van der Waals surface area contributed by atoms with E-state index >= 15 is 0 Å². The third-order valence-electron chi connectivity index (χ3n) is 2.91. The number of hydrogen-bond donors (Lipinski definition) is 1. The van der Waals surface area contributed by atoms with Crippen LogP contribution in [0.4, 0.5) is 0 Å². The summed E-state index contributed by atoms with van der Waals surface area (Å²) in [6.45, 7) is -0.0111. The first-order chi connectivity index (χ1) is 10.6. The van der Waals surface area contributed by atoms with Gasteiger partial charge < -0.3 is 8.98 Å². The highest BCUT2D eigenvalue weighted by Crippen LogP contribution is 2.20. The molecule has 0 saturated carbocycles. The zero-order chi connectivity index (χ0) is 15.6. The van der Waals surface area contributed by atoms with Crippen molar-refractivity contribution in [2.24, 2.45) is 7.05 Å². The van der Waals surface area contributed by atoms with Gasteiger partial charge in [-0.05, 0) is 12.1 Å². The molecule has 0 aliphatic carbocycles. The maximum absolute atomic E-state index is 12.2. The van der Waals surface area contributed by atoms with E-state index in [1.165, 1.54) is 31.2 Å². The first-order valence-corrected chi connectivity index (χ1v) is 7.86. The van der Waals surface area contributed by atoms with E-state index in [1.54, 1.807) is 23.7 Å². The predicted octanol–water partition coefficient (Wildman–Crippen LogP) is 0.949. The Labute approximate surface area is 126 Å². The molecule has 0 unspecified atom stereocenters. The predicted molar refractivity (Wildman–Crippen MR) is 77.0 cm³/mol. The lowest BCUT2D eigenvalue weighted by molar-refractivity contribution is 0.572. The summed E-state index contributed by atoms with van der Waals surface area (Å²) < 4.78 is 33.6. The summed E-state index contributed by atoms with van der Waals surface area (Å²) >= 11 is 0. The molecule has 0 aliphatic heterocycles. The third kappa shape index (κ3) is 2.90. The van der Waals surface area contributed by atoms with Gasteiger partial charge in [0.25, 0.3) is 10.0 Å². The van der Waals surface area contributed by atoms with Crippen molar-refractivity contribution in [2.75, 3.05) is 0 Å². The largest absolute Gasteiger partial charge is 0.463 e. The van der Waals surface area contributed by atoms with E-state index in [-0.39, 0.29) is 11.6 Å². The number of aromatic nitrogens is 4. The lowest BCUT2D eigenvalue weighted by Gasteiger charge is -2.06. The van der Waals surface area contributed by atoms with Crippen molar-refractivity contribution in [1.82, 2.24) is 24.2 Å². The lowest BCUT2D eigenvalue weighted by atomic mass is 10.2.